The molecule has 0 spiro atoms. The maximum Gasteiger partial charge on any atom is 0.419 e. The Morgan fingerprint density at radius 3 is 2.05 bits per heavy atom. The second-order valence-electron chi connectivity index (χ2n) is 3.80. The Balaban J connectivity index is 4.28. The van der Waals surface area contributed by atoms with Gasteiger partial charge in [0.15, 0.2) is 17.5 Å². The Hall–Kier alpha value is -0.470. The smallest absolute Gasteiger partial charge is 0.287 e. The molecule has 0 aromatic carbocycles. The molecule has 0 saturated heterocycles. The summed E-state index contributed by atoms with van der Waals surface area (Å²) in [6.45, 7) is 1.50. The molecule has 0 aliphatic heterocycles. The normalized spacial score (nSPS) is 16.2. The highest BCUT2D eigenvalue weighted by atomic mass is 32.2. The van der Waals surface area contributed by atoms with E-state index < -0.39 is 43.0 Å². The van der Waals surface area contributed by atoms with Crippen molar-refractivity contribution in [3.8, 4) is 0 Å². The van der Waals surface area contributed by atoms with Crippen LogP contribution in [0, 0.1) is 0 Å². The first-order valence-electron chi connectivity index (χ1n) is 5.39. The summed E-state index contributed by atoms with van der Waals surface area (Å²) in [5.74, 6) is -4.51. The molecule has 2 atom stereocenters. The first kappa shape index (κ1) is 18.5. The summed E-state index contributed by atoms with van der Waals surface area (Å²) in [6, 6.07) is 0. The molecule has 2 unspecified atom stereocenters. The molecule has 0 amide bonds. The van der Waals surface area contributed by atoms with Crippen molar-refractivity contribution in [3.63, 3.8) is 0 Å². The molecule has 1 nitrogen and oxygen atoms in total. The predicted molar refractivity (Wildman–Crippen MR) is 57.8 cm³/mol. The molecular formula is C10H13F7OS. The van der Waals surface area contributed by atoms with Gasteiger partial charge in [-0.05, 0) is 0 Å². The second kappa shape index (κ2) is 7.35. The number of thioether (sulfide) groups is 1. The van der Waals surface area contributed by atoms with Gasteiger partial charge in [-0.2, -0.15) is 13.2 Å². The number of hydrogen-bond donors (Lipinski definition) is 0. The third-order valence-electron chi connectivity index (χ3n) is 2.21. The fraction of sp³-hybridized carbons (Fsp3) is 0.900. The minimum atomic E-state index is -5.35. The fourth-order valence-electron chi connectivity index (χ4n) is 1.05. The van der Waals surface area contributed by atoms with Crippen LogP contribution in [0.1, 0.15) is 26.2 Å². The highest BCUT2D eigenvalue weighted by Crippen LogP contribution is 2.34. The fourth-order valence-corrected chi connectivity index (χ4v) is 1.85. The predicted octanol–water partition coefficient (Wildman–Crippen LogP) is 4.31. The Morgan fingerprint density at radius 2 is 1.63 bits per heavy atom. The van der Waals surface area contributed by atoms with Crippen LogP contribution in [-0.2, 0) is 4.79 Å². The van der Waals surface area contributed by atoms with Gasteiger partial charge in [-0.1, -0.05) is 18.7 Å². The zero-order valence-corrected chi connectivity index (χ0v) is 10.8. The van der Waals surface area contributed by atoms with E-state index in [9.17, 15) is 35.5 Å². The molecule has 9 heteroatoms. The van der Waals surface area contributed by atoms with Gasteiger partial charge in [-0.25, -0.2) is 17.6 Å². The Labute approximate surface area is 109 Å². The van der Waals surface area contributed by atoms with Gasteiger partial charge < -0.3 is 0 Å². The van der Waals surface area contributed by atoms with E-state index in [0.29, 0.717) is 11.8 Å². The number of hydrogen-bond acceptors (Lipinski definition) is 2. The Kier molecular flexibility index (Phi) is 7.17. The molecular weight excluding hydrogens is 301 g/mol. The number of rotatable bonds is 7. The number of halogens is 7. The van der Waals surface area contributed by atoms with E-state index in [1.165, 1.54) is 6.92 Å². The number of alkyl halides is 7. The molecule has 0 aromatic rings. The average Bonchev–Trinajstić information content (AvgIpc) is 2.26. The van der Waals surface area contributed by atoms with Crippen molar-refractivity contribution in [3.05, 3.63) is 0 Å². The van der Waals surface area contributed by atoms with Crippen molar-refractivity contribution in [2.24, 2.45) is 0 Å². The van der Waals surface area contributed by atoms with Gasteiger partial charge in [-0.15, -0.1) is 0 Å². The summed E-state index contributed by atoms with van der Waals surface area (Å²) in [5.41, 5.74) is 0. The average molecular weight is 314 g/mol. The molecule has 0 saturated carbocycles. The third kappa shape index (κ3) is 7.03. The van der Waals surface area contributed by atoms with Gasteiger partial charge in [-0.3, -0.25) is 4.79 Å². The van der Waals surface area contributed by atoms with Crippen LogP contribution < -0.4 is 0 Å². The first-order valence-corrected chi connectivity index (χ1v) is 6.37. The second-order valence-corrected chi connectivity index (χ2v) is 4.95. The molecule has 19 heavy (non-hydrogen) atoms. The van der Waals surface area contributed by atoms with Crippen molar-refractivity contribution < 1.29 is 35.5 Å². The van der Waals surface area contributed by atoms with E-state index in [0.717, 1.165) is 0 Å². The van der Waals surface area contributed by atoms with Crippen LogP contribution in [0.3, 0.4) is 0 Å². The Morgan fingerprint density at radius 1 is 1.11 bits per heavy atom. The number of carbonyl (C=O) groups excluding carboxylic acids is 1. The topological polar surface area (TPSA) is 17.1 Å². The summed E-state index contributed by atoms with van der Waals surface area (Å²) in [5, 5.41) is -0.384. The summed E-state index contributed by atoms with van der Waals surface area (Å²) < 4.78 is 86.9. The zero-order valence-electron chi connectivity index (χ0n) is 9.95. The summed E-state index contributed by atoms with van der Waals surface area (Å²) in [7, 11) is 0. The lowest BCUT2D eigenvalue weighted by atomic mass is 10.1. The van der Waals surface area contributed by atoms with E-state index in [2.05, 4.69) is 0 Å². The molecule has 0 aromatic heterocycles. The maximum absolute atomic E-state index is 13.1. The summed E-state index contributed by atoms with van der Waals surface area (Å²) in [6.07, 6.45) is -15.2. The van der Waals surface area contributed by atoms with Gasteiger partial charge in [0.2, 0.25) is 0 Å². The summed E-state index contributed by atoms with van der Waals surface area (Å²) >= 11 is 0.544. The van der Waals surface area contributed by atoms with Crippen molar-refractivity contribution >= 4 is 16.9 Å². The monoisotopic (exact) mass is 314 g/mol. The third-order valence-corrected chi connectivity index (χ3v) is 3.23. The molecule has 0 N–H and O–H groups in total. The van der Waals surface area contributed by atoms with Crippen molar-refractivity contribution in [1.29, 1.82) is 0 Å². The van der Waals surface area contributed by atoms with Crippen molar-refractivity contribution in [2.45, 2.75) is 50.6 Å². The van der Waals surface area contributed by atoms with Crippen molar-refractivity contribution in [2.75, 3.05) is 5.75 Å². The van der Waals surface area contributed by atoms with E-state index in [-0.39, 0.29) is 11.5 Å². The van der Waals surface area contributed by atoms with Gasteiger partial charge in [0.05, 0.1) is 0 Å². The van der Waals surface area contributed by atoms with Crippen LogP contribution in [-0.4, -0.2) is 35.3 Å². The quantitative estimate of drug-likeness (QED) is 0.651. The van der Waals surface area contributed by atoms with E-state index in [4.69, 9.17) is 0 Å². The zero-order chi connectivity index (χ0) is 15.3. The van der Waals surface area contributed by atoms with Crippen LogP contribution in [0.15, 0.2) is 0 Å². The molecule has 0 heterocycles. The van der Waals surface area contributed by atoms with Gasteiger partial charge >= 0.3 is 6.18 Å². The van der Waals surface area contributed by atoms with Gasteiger partial charge in [0.1, 0.15) is 0 Å². The van der Waals surface area contributed by atoms with E-state index in [1.54, 1.807) is 0 Å². The lowest BCUT2D eigenvalue weighted by Crippen LogP contribution is -2.37. The molecule has 114 valence electrons. The molecule has 0 aliphatic carbocycles. The van der Waals surface area contributed by atoms with Gasteiger partial charge in [0, 0.05) is 25.0 Å². The van der Waals surface area contributed by atoms with Crippen LogP contribution in [0.25, 0.3) is 0 Å². The minimum absolute atomic E-state index is 0.107. The lowest BCUT2D eigenvalue weighted by molar-refractivity contribution is -0.193. The first-order chi connectivity index (χ1) is 8.50. The molecule has 0 bridgehead atoms. The van der Waals surface area contributed by atoms with E-state index in [1.807, 2.05) is 0 Å². The van der Waals surface area contributed by atoms with Crippen LogP contribution in [0.4, 0.5) is 30.7 Å². The summed E-state index contributed by atoms with van der Waals surface area (Å²) in [4.78, 5) is 10.8. The van der Waals surface area contributed by atoms with E-state index >= 15 is 0 Å². The minimum Gasteiger partial charge on any atom is -0.287 e. The van der Waals surface area contributed by atoms with Crippen LogP contribution in [0.5, 0.6) is 0 Å². The number of carbonyl (C=O) groups is 1. The highest BCUT2D eigenvalue weighted by molar-refractivity contribution is 8.13. The van der Waals surface area contributed by atoms with Gasteiger partial charge in [0.25, 0.3) is 5.92 Å². The SMILES string of the molecule is CCC(=O)SCCC(F)(F)C(F)CC(F)C(F)(F)F. The maximum atomic E-state index is 13.1. The standard InChI is InChI=1S/C10H13F7OS/c1-2-8(18)19-4-3-9(13,14)6(11)5-7(12)10(15,16)17/h6-7H,2-5H2,1H3. The Bertz CT molecular complexity index is 292. The highest BCUT2D eigenvalue weighted by Gasteiger charge is 2.48. The molecule has 0 fully saturated rings. The molecule has 0 aliphatic rings. The lowest BCUT2D eigenvalue weighted by Gasteiger charge is -2.22. The molecule has 0 radical (unpaired) electrons. The molecule has 0 rings (SSSR count). The van der Waals surface area contributed by atoms with Crippen LogP contribution in [0.2, 0.25) is 0 Å². The van der Waals surface area contributed by atoms with Crippen molar-refractivity contribution in [1.82, 2.24) is 0 Å². The van der Waals surface area contributed by atoms with Crippen LogP contribution >= 0.6 is 11.8 Å². The largest absolute Gasteiger partial charge is 0.419 e.